The maximum atomic E-state index is 12.8. The molecule has 0 radical (unpaired) electrons. The van der Waals surface area contributed by atoms with E-state index in [1.807, 2.05) is 17.0 Å². The van der Waals surface area contributed by atoms with Gasteiger partial charge in [0.15, 0.2) is 0 Å². The van der Waals surface area contributed by atoms with E-state index in [-0.39, 0.29) is 5.91 Å². The van der Waals surface area contributed by atoms with Crippen LogP contribution >= 0.6 is 0 Å². The van der Waals surface area contributed by atoms with Gasteiger partial charge < -0.3 is 9.80 Å². The van der Waals surface area contributed by atoms with E-state index in [1.165, 1.54) is 11.8 Å². The molecule has 2 aromatic rings. The fraction of sp³-hybridized carbons (Fsp3) is 0.421. The minimum absolute atomic E-state index is 0.176. The summed E-state index contributed by atoms with van der Waals surface area (Å²) in [5.74, 6) is 0.755. The topological polar surface area (TPSA) is 23.6 Å². The molecule has 0 N–H and O–H groups in total. The number of benzene rings is 2. The molecule has 4 rings (SSSR count). The summed E-state index contributed by atoms with van der Waals surface area (Å²) in [4.78, 5) is 17.3. The van der Waals surface area contributed by atoms with Crippen LogP contribution in [-0.2, 0) is 0 Å². The van der Waals surface area contributed by atoms with Crippen LogP contribution in [0.4, 0.5) is 5.69 Å². The predicted molar refractivity (Wildman–Crippen MR) is 90.4 cm³/mol. The normalized spacial score (nSPS) is 21.5. The van der Waals surface area contributed by atoms with Crippen molar-refractivity contribution in [2.45, 2.75) is 26.3 Å². The van der Waals surface area contributed by atoms with E-state index in [1.54, 1.807) is 0 Å². The standard InChI is InChI=1S/C19H22N2O/c1-13(2)20-10-9-14(11-20)12-21-17-8-4-6-15-5-3-7-16(18(15)17)19(21)22/h3-8,13-14H,9-12H2,1-2H3. The lowest BCUT2D eigenvalue weighted by atomic mass is 10.1. The molecule has 3 nitrogen and oxygen atoms in total. The Kier molecular flexibility index (Phi) is 3.19. The van der Waals surface area contributed by atoms with Crippen LogP contribution in [0.5, 0.6) is 0 Å². The highest BCUT2D eigenvalue weighted by Gasteiger charge is 2.33. The predicted octanol–water partition coefficient (Wildman–Crippen LogP) is 3.53. The second kappa shape index (κ2) is 5.10. The molecule has 1 unspecified atom stereocenters. The average molecular weight is 294 g/mol. The maximum Gasteiger partial charge on any atom is 0.259 e. The maximum absolute atomic E-state index is 12.8. The van der Waals surface area contributed by atoms with Crippen molar-refractivity contribution in [3.05, 3.63) is 42.0 Å². The molecule has 1 saturated heterocycles. The second-order valence-corrected chi connectivity index (χ2v) is 6.84. The number of hydrogen-bond donors (Lipinski definition) is 0. The summed E-state index contributed by atoms with van der Waals surface area (Å²) in [6.45, 7) is 7.60. The van der Waals surface area contributed by atoms with E-state index in [4.69, 9.17) is 0 Å². The molecule has 1 atom stereocenters. The third kappa shape index (κ3) is 2.03. The number of amides is 1. The molecule has 1 fully saturated rings. The largest absolute Gasteiger partial charge is 0.307 e. The first-order valence-electron chi connectivity index (χ1n) is 8.23. The Labute approximate surface area is 131 Å². The number of carbonyl (C=O) groups is 1. The average Bonchev–Trinajstić information content (AvgIpc) is 3.09. The van der Waals surface area contributed by atoms with Crippen LogP contribution in [0, 0.1) is 5.92 Å². The summed E-state index contributed by atoms with van der Waals surface area (Å²) in [6.07, 6.45) is 1.19. The van der Waals surface area contributed by atoms with E-state index >= 15 is 0 Å². The molecule has 2 aromatic carbocycles. The van der Waals surface area contributed by atoms with E-state index in [0.717, 1.165) is 36.3 Å². The zero-order valence-corrected chi connectivity index (χ0v) is 13.2. The highest BCUT2D eigenvalue weighted by atomic mass is 16.2. The smallest absolute Gasteiger partial charge is 0.259 e. The molecule has 22 heavy (non-hydrogen) atoms. The Morgan fingerprint density at radius 1 is 1.18 bits per heavy atom. The Hall–Kier alpha value is -1.87. The van der Waals surface area contributed by atoms with Crippen LogP contribution in [-0.4, -0.2) is 36.5 Å². The lowest BCUT2D eigenvalue weighted by Gasteiger charge is -2.23. The van der Waals surface area contributed by atoms with Crippen molar-refractivity contribution >= 4 is 22.4 Å². The quantitative estimate of drug-likeness (QED) is 0.864. The highest BCUT2D eigenvalue weighted by Crippen LogP contribution is 2.38. The molecule has 0 aliphatic carbocycles. The van der Waals surface area contributed by atoms with Crippen molar-refractivity contribution in [2.75, 3.05) is 24.5 Å². The number of nitrogens with zero attached hydrogens (tertiary/aromatic N) is 2. The van der Waals surface area contributed by atoms with Crippen molar-refractivity contribution in [1.82, 2.24) is 4.90 Å². The lowest BCUT2D eigenvalue weighted by Crippen LogP contribution is -2.34. The van der Waals surface area contributed by atoms with Crippen LogP contribution in [0.2, 0.25) is 0 Å². The third-order valence-corrected chi connectivity index (χ3v) is 5.14. The van der Waals surface area contributed by atoms with Gasteiger partial charge in [-0.3, -0.25) is 4.79 Å². The van der Waals surface area contributed by atoms with Crippen LogP contribution in [0.25, 0.3) is 10.8 Å². The molecule has 0 aromatic heterocycles. The van der Waals surface area contributed by atoms with Crippen molar-refractivity contribution in [3.8, 4) is 0 Å². The molecule has 3 heteroatoms. The minimum Gasteiger partial charge on any atom is -0.307 e. The zero-order valence-electron chi connectivity index (χ0n) is 13.2. The van der Waals surface area contributed by atoms with Crippen molar-refractivity contribution in [3.63, 3.8) is 0 Å². The molecule has 114 valence electrons. The SMILES string of the molecule is CC(C)N1CCC(CN2C(=O)c3cccc4cccc2c34)C1. The number of anilines is 1. The second-order valence-electron chi connectivity index (χ2n) is 6.84. The van der Waals surface area contributed by atoms with Gasteiger partial charge in [-0.25, -0.2) is 0 Å². The van der Waals surface area contributed by atoms with Gasteiger partial charge in [-0.2, -0.15) is 0 Å². The molecular formula is C19H22N2O. The number of rotatable bonds is 3. The van der Waals surface area contributed by atoms with Crippen molar-refractivity contribution in [1.29, 1.82) is 0 Å². The number of likely N-dealkylation sites (tertiary alicyclic amines) is 1. The summed E-state index contributed by atoms with van der Waals surface area (Å²) in [5.41, 5.74) is 1.97. The third-order valence-electron chi connectivity index (χ3n) is 5.14. The van der Waals surface area contributed by atoms with Gasteiger partial charge in [-0.15, -0.1) is 0 Å². The fourth-order valence-electron chi connectivity index (χ4n) is 3.90. The number of carbonyl (C=O) groups excluding carboxylic acids is 1. The Morgan fingerprint density at radius 3 is 2.68 bits per heavy atom. The van der Waals surface area contributed by atoms with Gasteiger partial charge in [-0.05, 0) is 50.2 Å². The molecular weight excluding hydrogens is 272 g/mol. The summed E-state index contributed by atoms with van der Waals surface area (Å²) in [6, 6.07) is 12.9. The zero-order chi connectivity index (χ0) is 15.3. The minimum atomic E-state index is 0.176. The van der Waals surface area contributed by atoms with Gasteiger partial charge in [0, 0.05) is 30.1 Å². The Morgan fingerprint density at radius 2 is 1.95 bits per heavy atom. The first kappa shape index (κ1) is 13.8. The summed E-state index contributed by atoms with van der Waals surface area (Å²) in [5, 5.41) is 2.30. The van der Waals surface area contributed by atoms with Gasteiger partial charge in [0.1, 0.15) is 0 Å². The Balaban J connectivity index is 1.63. The van der Waals surface area contributed by atoms with Crippen LogP contribution in [0.3, 0.4) is 0 Å². The van der Waals surface area contributed by atoms with Crippen LogP contribution < -0.4 is 4.90 Å². The van der Waals surface area contributed by atoms with E-state index in [9.17, 15) is 4.79 Å². The number of hydrogen-bond acceptors (Lipinski definition) is 2. The molecule has 1 amide bonds. The lowest BCUT2D eigenvalue weighted by molar-refractivity contribution is 0.0989. The monoisotopic (exact) mass is 294 g/mol. The van der Waals surface area contributed by atoms with Gasteiger partial charge in [0.05, 0.1) is 5.69 Å². The van der Waals surface area contributed by atoms with Crippen molar-refractivity contribution in [2.24, 2.45) is 5.92 Å². The summed E-state index contributed by atoms with van der Waals surface area (Å²) >= 11 is 0. The van der Waals surface area contributed by atoms with E-state index in [2.05, 4.69) is 43.0 Å². The fourth-order valence-corrected chi connectivity index (χ4v) is 3.90. The first-order valence-corrected chi connectivity index (χ1v) is 8.23. The first-order chi connectivity index (χ1) is 10.6. The van der Waals surface area contributed by atoms with E-state index < -0.39 is 0 Å². The van der Waals surface area contributed by atoms with Crippen LogP contribution in [0.15, 0.2) is 36.4 Å². The molecule has 2 aliphatic heterocycles. The van der Waals surface area contributed by atoms with Crippen molar-refractivity contribution < 1.29 is 4.79 Å². The van der Waals surface area contributed by atoms with Gasteiger partial charge in [0.25, 0.3) is 5.91 Å². The molecule has 2 heterocycles. The van der Waals surface area contributed by atoms with Gasteiger partial charge >= 0.3 is 0 Å². The molecule has 0 bridgehead atoms. The molecule has 0 saturated carbocycles. The highest BCUT2D eigenvalue weighted by molar-refractivity contribution is 6.25. The van der Waals surface area contributed by atoms with Crippen LogP contribution in [0.1, 0.15) is 30.6 Å². The van der Waals surface area contributed by atoms with Gasteiger partial charge in [-0.1, -0.05) is 24.3 Å². The molecule has 2 aliphatic rings. The Bertz CT molecular complexity index is 732. The summed E-state index contributed by atoms with van der Waals surface area (Å²) < 4.78 is 0. The molecule has 0 spiro atoms. The van der Waals surface area contributed by atoms with E-state index in [0.29, 0.717) is 12.0 Å². The van der Waals surface area contributed by atoms with Gasteiger partial charge in [0.2, 0.25) is 0 Å². The summed E-state index contributed by atoms with van der Waals surface area (Å²) in [7, 11) is 0.